The monoisotopic (exact) mass is 272 g/mol. The van der Waals surface area contributed by atoms with Gasteiger partial charge in [0.15, 0.2) is 0 Å². The van der Waals surface area contributed by atoms with Crippen molar-refractivity contribution in [3.8, 4) is 11.1 Å². The Bertz CT molecular complexity index is 688. The summed E-state index contributed by atoms with van der Waals surface area (Å²) >= 11 is 0. The molecule has 0 saturated heterocycles. The lowest BCUT2D eigenvalue weighted by molar-refractivity contribution is 0.584. The zero-order chi connectivity index (χ0) is 13.9. The van der Waals surface area contributed by atoms with Gasteiger partial charge in [0.25, 0.3) is 0 Å². The van der Waals surface area contributed by atoms with Crippen LogP contribution in [0.5, 0.6) is 0 Å². The molecule has 3 rings (SSSR count). The molecule has 100 valence electrons. The summed E-state index contributed by atoms with van der Waals surface area (Å²) in [5.74, 6) is -1.17. The summed E-state index contributed by atoms with van der Waals surface area (Å²) in [6.07, 6.45) is 1.52. The molecule has 3 aromatic rings. The number of hydrogen-bond donors (Lipinski definition) is 0. The quantitative estimate of drug-likeness (QED) is 0.736. The molecule has 0 saturated carbocycles. The molecule has 0 atom stereocenters. The number of benzene rings is 2. The average Bonchev–Trinajstić information content (AvgIpc) is 2.91. The fourth-order valence-corrected chi connectivity index (χ4v) is 1.96. The molecule has 4 nitrogen and oxygen atoms in total. The van der Waals surface area contributed by atoms with Crippen LogP contribution < -0.4 is 0 Å². The van der Waals surface area contributed by atoms with Gasteiger partial charge in [-0.15, -0.1) is 5.10 Å². The molecule has 0 N–H and O–H groups in total. The van der Waals surface area contributed by atoms with E-state index in [0.717, 1.165) is 17.2 Å². The number of rotatable bonds is 3. The third-order valence-corrected chi connectivity index (χ3v) is 2.89. The standard InChI is InChI=1S/C14H10F2N4/c15-13-5-12(6-14(16)7-13)11-3-1-10(2-4-11)8-20-9-17-18-19-20/h1-7,9H,8H2. The van der Waals surface area contributed by atoms with Crippen LogP contribution in [0, 0.1) is 11.6 Å². The molecule has 0 aliphatic carbocycles. The zero-order valence-electron chi connectivity index (χ0n) is 10.4. The third-order valence-electron chi connectivity index (χ3n) is 2.89. The van der Waals surface area contributed by atoms with E-state index < -0.39 is 11.6 Å². The first-order valence-corrected chi connectivity index (χ1v) is 5.97. The summed E-state index contributed by atoms with van der Waals surface area (Å²) in [5, 5.41) is 10.9. The van der Waals surface area contributed by atoms with Crippen molar-refractivity contribution in [3.63, 3.8) is 0 Å². The minimum Gasteiger partial charge on any atom is -0.228 e. The topological polar surface area (TPSA) is 43.6 Å². The molecule has 0 bridgehead atoms. The molecule has 0 unspecified atom stereocenters. The molecule has 0 radical (unpaired) electrons. The van der Waals surface area contributed by atoms with Gasteiger partial charge in [0.2, 0.25) is 0 Å². The van der Waals surface area contributed by atoms with Crippen molar-refractivity contribution < 1.29 is 8.78 Å². The maximum Gasteiger partial charge on any atom is 0.138 e. The maximum atomic E-state index is 13.2. The first-order valence-electron chi connectivity index (χ1n) is 5.97. The number of nitrogens with zero attached hydrogens (tertiary/aromatic N) is 4. The SMILES string of the molecule is Fc1cc(F)cc(-c2ccc(Cn3cnnn3)cc2)c1. The Hall–Kier alpha value is -2.63. The van der Waals surface area contributed by atoms with E-state index in [-0.39, 0.29) is 0 Å². The lowest BCUT2D eigenvalue weighted by Gasteiger charge is -2.05. The van der Waals surface area contributed by atoms with Crippen molar-refractivity contribution in [1.82, 2.24) is 20.2 Å². The predicted octanol–water partition coefficient (Wildman–Crippen LogP) is 2.67. The second kappa shape index (κ2) is 5.16. The van der Waals surface area contributed by atoms with Crippen molar-refractivity contribution in [2.45, 2.75) is 6.54 Å². The predicted molar refractivity (Wildman–Crippen MR) is 68.7 cm³/mol. The summed E-state index contributed by atoms with van der Waals surface area (Å²) in [4.78, 5) is 0. The van der Waals surface area contributed by atoms with Gasteiger partial charge in [0.1, 0.15) is 18.0 Å². The maximum absolute atomic E-state index is 13.2. The van der Waals surface area contributed by atoms with Gasteiger partial charge < -0.3 is 0 Å². The molecule has 0 aliphatic heterocycles. The summed E-state index contributed by atoms with van der Waals surface area (Å²) in [7, 11) is 0. The van der Waals surface area contributed by atoms with Crippen LogP contribution in [0.25, 0.3) is 11.1 Å². The number of tetrazole rings is 1. The highest BCUT2D eigenvalue weighted by Gasteiger charge is 2.04. The molecular formula is C14H10F2N4. The van der Waals surface area contributed by atoms with Crippen LogP contribution in [0.1, 0.15) is 5.56 Å². The number of aromatic nitrogens is 4. The van der Waals surface area contributed by atoms with E-state index >= 15 is 0 Å². The first-order chi connectivity index (χ1) is 9.70. The van der Waals surface area contributed by atoms with Crippen LogP contribution in [0.2, 0.25) is 0 Å². The summed E-state index contributed by atoms with van der Waals surface area (Å²) < 4.78 is 28.0. The summed E-state index contributed by atoms with van der Waals surface area (Å²) in [6.45, 7) is 0.546. The van der Waals surface area contributed by atoms with E-state index in [2.05, 4.69) is 15.5 Å². The molecule has 0 fully saturated rings. The fourth-order valence-electron chi connectivity index (χ4n) is 1.96. The average molecular weight is 272 g/mol. The highest BCUT2D eigenvalue weighted by Crippen LogP contribution is 2.22. The number of halogens is 2. The Morgan fingerprint density at radius 3 is 2.20 bits per heavy atom. The second-order valence-corrected chi connectivity index (χ2v) is 4.36. The summed E-state index contributed by atoms with van der Waals surface area (Å²) in [6, 6.07) is 10.8. The van der Waals surface area contributed by atoms with Crippen LogP contribution >= 0.6 is 0 Å². The van der Waals surface area contributed by atoms with E-state index in [1.165, 1.54) is 18.5 Å². The van der Waals surface area contributed by atoms with E-state index in [1.54, 1.807) is 4.68 Å². The first kappa shape index (κ1) is 12.4. The van der Waals surface area contributed by atoms with Gasteiger partial charge in [-0.05, 0) is 39.2 Å². The summed E-state index contributed by atoms with van der Waals surface area (Å²) in [5.41, 5.74) is 2.26. The smallest absolute Gasteiger partial charge is 0.138 e. The highest BCUT2D eigenvalue weighted by molar-refractivity contribution is 5.63. The Kier molecular flexibility index (Phi) is 3.20. The number of hydrogen-bond acceptors (Lipinski definition) is 3. The van der Waals surface area contributed by atoms with Crippen LogP contribution in [0.4, 0.5) is 8.78 Å². The van der Waals surface area contributed by atoms with E-state index in [0.29, 0.717) is 12.1 Å². The van der Waals surface area contributed by atoms with Gasteiger partial charge >= 0.3 is 0 Å². The lowest BCUT2D eigenvalue weighted by atomic mass is 10.0. The van der Waals surface area contributed by atoms with Gasteiger partial charge in [0, 0.05) is 6.07 Å². The van der Waals surface area contributed by atoms with Crippen molar-refractivity contribution in [2.24, 2.45) is 0 Å². The minimum absolute atomic E-state index is 0.511. The van der Waals surface area contributed by atoms with Crippen molar-refractivity contribution in [3.05, 3.63) is 66.0 Å². The third kappa shape index (κ3) is 2.69. The molecule has 1 aromatic heterocycles. The Labute approximate surface area is 113 Å². The van der Waals surface area contributed by atoms with Crippen LogP contribution in [0.15, 0.2) is 48.8 Å². The molecule has 6 heteroatoms. The minimum atomic E-state index is -0.585. The largest absolute Gasteiger partial charge is 0.228 e. The highest BCUT2D eigenvalue weighted by atomic mass is 19.1. The fraction of sp³-hybridized carbons (Fsp3) is 0.0714. The molecule has 0 amide bonds. The van der Waals surface area contributed by atoms with Gasteiger partial charge in [-0.3, -0.25) is 0 Å². The Morgan fingerprint density at radius 2 is 1.60 bits per heavy atom. The molecule has 0 aliphatic rings. The van der Waals surface area contributed by atoms with Crippen LogP contribution in [0.3, 0.4) is 0 Å². The Morgan fingerprint density at radius 1 is 0.900 bits per heavy atom. The molecular weight excluding hydrogens is 262 g/mol. The van der Waals surface area contributed by atoms with E-state index in [1.807, 2.05) is 24.3 Å². The molecule has 0 spiro atoms. The van der Waals surface area contributed by atoms with Crippen molar-refractivity contribution in [2.75, 3.05) is 0 Å². The van der Waals surface area contributed by atoms with Gasteiger partial charge in [-0.1, -0.05) is 24.3 Å². The lowest BCUT2D eigenvalue weighted by Crippen LogP contribution is -2.00. The van der Waals surface area contributed by atoms with Gasteiger partial charge in [0.05, 0.1) is 6.54 Å². The van der Waals surface area contributed by atoms with E-state index in [9.17, 15) is 8.78 Å². The molecule has 2 aromatic carbocycles. The molecule has 1 heterocycles. The van der Waals surface area contributed by atoms with Crippen molar-refractivity contribution >= 4 is 0 Å². The van der Waals surface area contributed by atoms with Crippen molar-refractivity contribution in [1.29, 1.82) is 0 Å². The Balaban J connectivity index is 1.85. The second-order valence-electron chi connectivity index (χ2n) is 4.36. The van der Waals surface area contributed by atoms with E-state index in [4.69, 9.17) is 0 Å². The van der Waals surface area contributed by atoms with Crippen LogP contribution in [-0.4, -0.2) is 20.2 Å². The van der Waals surface area contributed by atoms with Gasteiger partial charge in [-0.25, -0.2) is 13.5 Å². The van der Waals surface area contributed by atoms with Gasteiger partial charge in [-0.2, -0.15) is 0 Å². The van der Waals surface area contributed by atoms with Crippen LogP contribution in [-0.2, 0) is 6.54 Å². The normalized spacial score (nSPS) is 10.7. The molecule has 20 heavy (non-hydrogen) atoms. The zero-order valence-corrected chi connectivity index (χ0v) is 10.4.